The van der Waals surface area contributed by atoms with Crippen LogP contribution in [0.25, 0.3) is 0 Å². The molecule has 1 fully saturated rings. The van der Waals surface area contributed by atoms with Gasteiger partial charge in [-0.15, -0.1) is 0 Å². The number of piperazine rings is 1. The predicted octanol–water partition coefficient (Wildman–Crippen LogP) is 3.14. The number of carbonyl (C=O) groups excluding carboxylic acids is 1. The minimum absolute atomic E-state index is 0.113. The van der Waals surface area contributed by atoms with E-state index in [-0.39, 0.29) is 12.0 Å². The number of nitrogens with zero attached hydrogens (tertiary/aromatic N) is 3. The van der Waals surface area contributed by atoms with Gasteiger partial charge in [0.25, 0.3) is 5.91 Å². The van der Waals surface area contributed by atoms with Gasteiger partial charge in [-0.3, -0.25) is 9.69 Å². The van der Waals surface area contributed by atoms with E-state index in [9.17, 15) is 4.79 Å². The third-order valence-electron chi connectivity index (χ3n) is 5.78. The van der Waals surface area contributed by atoms with Crippen molar-refractivity contribution < 1.29 is 9.63 Å². The normalized spacial score (nSPS) is 19.3. The Kier molecular flexibility index (Phi) is 6.64. The number of hydrogen-bond donors (Lipinski definition) is 1. The van der Waals surface area contributed by atoms with Gasteiger partial charge in [-0.25, -0.2) is 0 Å². The quantitative estimate of drug-likeness (QED) is 0.718. The largest absolute Gasteiger partial charge is 0.387 e. The van der Waals surface area contributed by atoms with Crippen molar-refractivity contribution >= 4 is 17.3 Å². The van der Waals surface area contributed by atoms with Crippen LogP contribution in [0.2, 0.25) is 0 Å². The van der Waals surface area contributed by atoms with Gasteiger partial charge in [0.1, 0.15) is 5.71 Å². The zero-order chi connectivity index (χ0) is 20.8. The van der Waals surface area contributed by atoms with E-state index >= 15 is 0 Å². The summed E-state index contributed by atoms with van der Waals surface area (Å²) in [4.78, 5) is 22.7. The number of hydrogen-bond acceptors (Lipinski definition) is 5. The van der Waals surface area contributed by atoms with Crippen LogP contribution in [0.3, 0.4) is 0 Å². The zero-order valence-electron chi connectivity index (χ0n) is 17.6. The molecule has 30 heavy (non-hydrogen) atoms. The molecule has 0 spiro atoms. The van der Waals surface area contributed by atoms with Crippen LogP contribution in [0, 0.1) is 6.92 Å². The van der Waals surface area contributed by atoms with Crippen LogP contribution < -0.4 is 10.2 Å². The Bertz CT molecular complexity index is 876. The second-order valence-corrected chi connectivity index (χ2v) is 8.02. The SMILES string of the molecule is Cc1cccc(N2CCN(CCCNC(=O)C3=NOC(c4ccccc4)C3)CC2)c1. The van der Waals surface area contributed by atoms with Gasteiger partial charge in [-0.05, 0) is 43.1 Å². The summed E-state index contributed by atoms with van der Waals surface area (Å²) in [5.74, 6) is -0.113. The molecule has 158 valence electrons. The van der Waals surface area contributed by atoms with Crippen LogP contribution in [0.15, 0.2) is 59.8 Å². The zero-order valence-corrected chi connectivity index (χ0v) is 17.6. The average molecular weight is 407 g/mol. The molecular weight excluding hydrogens is 376 g/mol. The van der Waals surface area contributed by atoms with Gasteiger partial charge in [0.05, 0.1) is 0 Å². The Balaban J connectivity index is 1.13. The third-order valence-corrected chi connectivity index (χ3v) is 5.78. The Morgan fingerprint density at radius 2 is 1.90 bits per heavy atom. The van der Waals surface area contributed by atoms with Crippen molar-refractivity contribution in [3.05, 3.63) is 65.7 Å². The molecule has 2 aromatic rings. The molecule has 0 bridgehead atoms. The van der Waals surface area contributed by atoms with Gasteiger partial charge in [-0.1, -0.05) is 47.6 Å². The number of oxime groups is 1. The molecule has 0 saturated carbocycles. The van der Waals surface area contributed by atoms with Crippen LogP contribution in [0.5, 0.6) is 0 Å². The van der Waals surface area contributed by atoms with Crippen molar-refractivity contribution in [2.75, 3.05) is 44.2 Å². The second kappa shape index (κ2) is 9.76. The maximum absolute atomic E-state index is 12.4. The number of rotatable bonds is 7. The van der Waals surface area contributed by atoms with E-state index in [1.54, 1.807) is 0 Å². The van der Waals surface area contributed by atoms with Crippen molar-refractivity contribution in [2.24, 2.45) is 5.16 Å². The molecule has 6 heteroatoms. The minimum atomic E-state index is -0.156. The van der Waals surface area contributed by atoms with Crippen LogP contribution in [0.1, 0.15) is 30.1 Å². The summed E-state index contributed by atoms with van der Waals surface area (Å²) < 4.78 is 0. The molecule has 2 aliphatic rings. The molecule has 1 N–H and O–H groups in total. The fourth-order valence-corrected chi connectivity index (χ4v) is 4.02. The summed E-state index contributed by atoms with van der Waals surface area (Å²) >= 11 is 0. The summed E-state index contributed by atoms with van der Waals surface area (Å²) in [6.45, 7) is 8.00. The number of benzene rings is 2. The summed E-state index contributed by atoms with van der Waals surface area (Å²) in [6, 6.07) is 18.6. The lowest BCUT2D eigenvalue weighted by molar-refractivity contribution is -0.114. The van der Waals surface area contributed by atoms with Gasteiger partial charge in [-0.2, -0.15) is 0 Å². The Morgan fingerprint density at radius 1 is 1.10 bits per heavy atom. The molecule has 0 aliphatic carbocycles. The maximum Gasteiger partial charge on any atom is 0.269 e. The Morgan fingerprint density at radius 3 is 2.67 bits per heavy atom. The highest BCUT2D eigenvalue weighted by molar-refractivity contribution is 6.39. The van der Waals surface area contributed by atoms with E-state index in [2.05, 4.69) is 51.5 Å². The summed E-state index contributed by atoms with van der Waals surface area (Å²) in [6.07, 6.45) is 1.31. The van der Waals surface area contributed by atoms with E-state index in [0.29, 0.717) is 18.7 Å². The lowest BCUT2D eigenvalue weighted by atomic mass is 10.0. The van der Waals surface area contributed by atoms with Crippen molar-refractivity contribution in [2.45, 2.75) is 25.9 Å². The molecule has 2 heterocycles. The van der Waals surface area contributed by atoms with Gasteiger partial charge < -0.3 is 15.1 Å². The van der Waals surface area contributed by atoms with Crippen molar-refractivity contribution in [1.29, 1.82) is 0 Å². The molecule has 2 aliphatic heterocycles. The topological polar surface area (TPSA) is 57.2 Å². The highest BCUT2D eigenvalue weighted by Crippen LogP contribution is 2.26. The molecule has 6 nitrogen and oxygen atoms in total. The summed E-state index contributed by atoms with van der Waals surface area (Å²) in [5.41, 5.74) is 4.15. The lowest BCUT2D eigenvalue weighted by Crippen LogP contribution is -2.47. The molecule has 1 amide bonds. The van der Waals surface area contributed by atoms with Gasteiger partial charge in [0, 0.05) is 44.8 Å². The molecule has 0 aromatic heterocycles. The molecule has 0 radical (unpaired) electrons. The first kappa shape index (κ1) is 20.4. The summed E-state index contributed by atoms with van der Waals surface area (Å²) in [5, 5.41) is 6.98. The van der Waals surface area contributed by atoms with Crippen LogP contribution in [-0.2, 0) is 9.63 Å². The van der Waals surface area contributed by atoms with Crippen molar-refractivity contribution in [3.63, 3.8) is 0 Å². The second-order valence-electron chi connectivity index (χ2n) is 8.02. The van der Waals surface area contributed by atoms with Crippen LogP contribution in [0.4, 0.5) is 5.69 Å². The first-order valence-corrected chi connectivity index (χ1v) is 10.8. The molecule has 1 unspecified atom stereocenters. The van der Waals surface area contributed by atoms with Crippen molar-refractivity contribution in [1.82, 2.24) is 10.2 Å². The number of anilines is 1. The third kappa shape index (κ3) is 5.19. The molecule has 2 aromatic carbocycles. The minimum Gasteiger partial charge on any atom is -0.387 e. The monoisotopic (exact) mass is 406 g/mol. The average Bonchev–Trinajstić information content (AvgIpc) is 3.28. The smallest absolute Gasteiger partial charge is 0.269 e. The van der Waals surface area contributed by atoms with E-state index in [0.717, 1.165) is 44.7 Å². The van der Waals surface area contributed by atoms with Gasteiger partial charge in [0.2, 0.25) is 0 Å². The standard InChI is InChI=1S/C24H30N4O2/c1-19-7-5-10-21(17-19)28-15-13-27(14-16-28)12-6-11-25-24(29)22-18-23(30-26-22)20-8-3-2-4-9-20/h2-5,7-10,17,23H,6,11-16,18H2,1H3,(H,25,29). The first-order valence-electron chi connectivity index (χ1n) is 10.8. The Labute approximate surface area is 178 Å². The number of carbonyl (C=O) groups is 1. The highest BCUT2D eigenvalue weighted by Gasteiger charge is 2.27. The van der Waals surface area contributed by atoms with E-state index in [1.807, 2.05) is 30.3 Å². The number of amides is 1. The van der Waals surface area contributed by atoms with E-state index in [4.69, 9.17) is 4.84 Å². The van der Waals surface area contributed by atoms with Crippen LogP contribution in [-0.4, -0.2) is 55.8 Å². The molecular formula is C24H30N4O2. The first-order chi connectivity index (χ1) is 14.7. The van der Waals surface area contributed by atoms with E-state index < -0.39 is 0 Å². The lowest BCUT2D eigenvalue weighted by Gasteiger charge is -2.36. The molecule has 4 rings (SSSR count). The highest BCUT2D eigenvalue weighted by atomic mass is 16.6. The van der Waals surface area contributed by atoms with Gasteiger partial charge in [0.15, 0.2) is 6.10 Å². The fourth-order valence-electron chi connectivity index (χ4n) is 4.02. The maximum atomic E-state index is 12.4. The Hall–Kier alpha value is -2.86. The number of nitrogens with one attached hydrogen (secondary N) is 1. The van der Waals surface area contributed by atoms with Crippen molar-refractivity contribution in [3.8, 4) is 0 Å². The molecule has 1 atom stereocenters. The van der Waals surface area contributed by atoms with E-state index in [1.165, 1.54) is 11.3 Å². The van der Waals surface area contributed by atoms with Crippen LogP contribution >= 0.6 is 0 Å². The molecule has 1 saturated heterocycles. The number of aryl methyl sites for hydroxylation is 1. The van der Waals surface area contributed by atoms with Gasteiger partial charge >= 0.3 is 0 Å². The predicted molar refractivity (Wildman–Crippen MR) is 120 cm³/mol. The summed E-state index contributed by atoms with van der Waals surface area (Å²) in [7, 11) is 0. The fraction of sp³-hybridized carbons (Fsp3) is 0.417.